The third kappa shape index (κ3) is 2.11. The van der Waals surface area contributed by atoms with Crippen molar-refractivity contribution in [2.45, 2.75) is 6.61 Å². The minimum absolute atomic E-state index is 0.275. The van der Waals surface area contributed by atoms with E-state index in [1.165, 1.54) is 35.5 Å². The first kappa shape index (κ1) is 14.2. The fourth-order valence-electron chi connectivity index (χ4n) is 1.82. The van der Waals surface area contributed by atoms with E-state index in [9.17, 15) is 5.11 Å². The molecule has 0 aliphatic rings. The minimum Gasteiger partial charge on any atom is -0.492 e. The predicted molar refractivity (Wildman–Crippen MR) is 65.1 cm³/mol. The van der Waals surface area contributed by atoms with E-state index in [2.05, 4.69) is 0 Å². The average molecular weight is 258 g/mol. The molecule has 0 unspecified atom stereocenters. The molecule has 0 saturated carbocycles. The Bertz CT molecular complexity index is 295. The molecule has 0 heterocycles. The number of hydrogen-bond acceptors (Lipinski definition) is 6. The highest BCUT2D eigenvalue weighted by Gasteiger charge is 2.27. The van der Waals surface area contributed by atoms with Crippen LogP contribution in [0, 0.1) is 0 Å². The van der Waals surface area contributed by atoms with Gasteiger partial charge in [-0.3, -0.25) is 0 Å². The molecule has 0 aliphatic carbocycles. The Morgan fingerprint density at radius 2 is 0.889 bits per heavy atom. The van der Waals surface area contributed by atoms with Crippen LogP contribution < -0.4 is 23.7 Å². The largest absolute Gasteiger partial charge is 0.492 e. The van der Waals surface area contributed by atoms with Gasteiger partial charge in [-0.25, -0.2) is 0 Å². The minimum atomic E-state index is -0.275. The van der Waals surface area contributed by atoms with Crippen LogP contribution in [-0.4, -0.2) is 40.7 Å². The highest BCUT2D eigenvalue weighted by Crippen LogP contribution is 2.53. The standard InChI is InChI=1S/C12H18O6/c1-14-8-7(6-13)9(15-2)11(17-4)12(18-5)10(8)16-3/h13H,6H2,1-5H3. The Morgan fingerprint density at radius 3 is 1.11 bits per heavy atom. The molecule has 1 aromatic carbocycles. The highest BCUT2D eigenvalue weighted by molar-refractivity contribution is 5.70. The number of benzene rings is 1. The van der Waals surface area contributed by atoms with Crippen LogP contribution >= 0.6 is 0 Å². The lowest BCUT2D eigenvalue weighted by atomic mass is 10.1. The van der Waals surface area contributed by atoms with Gasteiger partial charge in [-0.15, -0.1) is 0 Å². The van der Waals surface area contributed by atoms with Crippen molar-refractivity contribution in [3.05, 3.63) is 5.56 Å². The second kappa shape index (κ2) is 6.20. The lowest BCUT2D eigenvalue weighted by Crippen LogP contribution is -2.05. The number of rotatable bonds is 6. The number of aliphatic hydroxyl groups is 1. The summed E-state index contributed by atoms with van der Waals surface area (Å²) in [5.74, 6) is 1.76. The third-order valence-electron chi connectivity index (χ3n) is 2.55. The molecule has 0 saturated heterocycles. The van der Waals surface area contributed by atoms with Crippen LogP contribution in [0.1, 0.15) is 5.56 Å². The van der Waals surface area contributed by atoms with Crippen LogP contribution in [0.3, 0.4) is 0 Å². The SMILES string of the molecule is COc1c(CO)c(OC)c(OC)c(OC)c1OC. The summed E-state index contributed by atoms with van der Waals surface area (Å²) in [6.07, 6.45) is 0. The molecule has 0 aromatic heterocycles. The average Bonchev–Trinajstić information content (AvgIpc) is 2.43. The van der Waals surface area contributed by atoms with Crippen molar-refractivity contribution in [3.63, 3.8) is 0 Å². The van der Waals surface area contributed by atoms with Crippen molar-refractivity contribution in [1.82, 2.24) is 0 Å². The zero-order valence-electron chi connectivity index (χ0n) is 11.2. The van der Waals surface area contributed by atoms with Gasteiger partial charge in [0.25, 0.3) is 0 Å². The highest BCUT2D eigenvalue weighted by atomic mass is 16.6. The fraction of sp³-hybridized carbons (Fsp3) is 0.500. The van der Waals surface area contributed by atoms with Gasteiger partial charge < -0.3 is 28.8 Å². The van der Waals surface area contributed by atoms with Crippen LogP contribution in [0.2, 0.25) is 0 Å². The molecule has 0 atom stereocenters. The first-order valence-electron chi connectivity index (χ1n) is 5.23. The van der Waals surface area contributed by atoms with Gasteiger partial charge in [0.1, 0.15) is 0 Å². The Balaban J connectivity index is 3.71. The van der Waals surface area contributed by atoms with E-state index in [-0.39, 0.29) is 6.61 Å². The van der Waals surface area contributed by atoms with Crippen molar-refractivity contribution in [3.8, 4) is 28.7 Å². The summed E-state index contributed by atoms with van der Waals surface area (Å²) in [5, 5.41) is 9.45. The smallest absolute Gasteiger partial charge is 0.211 e. The normalized spacial score (nSPS) is 9.89. The Kier molecular flexibility index (Phi) is 4.91. The molecular formula is C12H18O6. The summed E-state index contributed by atoms with van der Waals surface area (Å²) >= 11 is 0. The van der Waals surface area contributed by atoms with E-state index in [0.29, 0.717) is 34.3 Å². The number of aliphatic hydroxyl groups excluding tert-OH is 1. The second-order valence-corrected chi connectivity index (χ2v) is 3.30. The van der Waals surface area contributed by atoms with Crippen molar-refractivity contribution in [2.24, 2.45) is 0 Å². The van der Waals surface area contributed by atoms with E-state index < -0.39 is 0 Å². The summed E-state index contributed by atoms with van der Waals surface area (Å²) in [7, 11) is 7.39. The third-order valence-corrected chi connectivity index (χ3v) is 2.55. The van der Waals surface area contributed by atoms with Crippen LogP contribution in [-0.2, 0) is 6.61 Å². The number of methoxy groups -OCH3 is 5. The fourth-order valence-corrected chi connectivity index (χ4v) is 1.82. The van der Waals surface area contributed by atoms with Crippen LogP contribution in [0.5, 0.6) is 28.7 Å². The van der Waals surface area contributed by atoms with Gasteiger partial charge in [0.2, 0.25) is 17.2 Å². The molecule has 6 heteroatoms. The van der Waals surface area contributed by atoms with Crippen molar-refractivity contribution in [1.29, 1.82) is 0 Å². The molecule has 1 N–H and O–H groups in total. The van der Waals surface area contributed by atoms with Crippen molar-refractivity contribution >= 4 is 0 Å². The molecule has 102 valence electrons. The van der Waals surface area contributed by atoms with E-state index in [4.69, 9.17) is 23.7 Å². The maximum atomic E-state index is 9.45. The summed E-state index contributed by atoms with van der Waals surface area (Å²) in [4.78, 5) is 0. The van der Waals surface area contributed by atoms with Gasteiger partial charge >= 0.3 is 0 Å². The van der Waals surface area contributed by atoms with E-state index in [1.807, 2.05) is 0 Å². The quantitative estimate of drug-likeness (QED) is 0.827. The Morgan fingerprint density at radius 1 is 0.611 bits per heavy atom. The van der Waals surface area contributed by atoms with Crippen LogP contribution in [0.15, 0.2) is 0 Å². The Hall–Kier alpha value is -1.82. The zero-order valence-corrected chi connectivity index (χ0v) is 11.2. The number of hydrogen-bond donors (Lipinski definition) is 1. The molecule has 0 spiro atoms. The van der Waals surface area contributed by atoms with E-state index in [0.717, 1.165) is 0 Å². The van der Waals surface area contributed by atoms with Gasteiger partial charge in [-0.05, 0) is 0 Å². The monoisotopic (exact) mass is 258 g/mol. The maximum Gasteiger partial charge on any atom is 0.211 e. The lowest BCUT2D eigenvalue weighted by Gasteiger charge is -2.21. The molecule has 18 heavy (non-hydrogen) atoms. The molecular weight excluding hydrogens is 240 g/mol. The molecule has 0 aliphatic heterocycles. The van der Waals surface area contributed by atoms with Crippen LogP contribution in [0.25, 0.3) is 0 Å². The zero-order chi connectivity index (χ0) is 13.7. The van der Waals surface area contributed by atoms with Gasteiger partial charge in [-0.2, -0.15) is 0 Å². The summed E-state index contributed by atoms with van der Waals surface area (Å²) in [6.45, 7) is -0.275. The predicted octanol–water partition coefficient (Wildman–Crippen LogP) is 1.22. The van der Waals surface area contributed by atoms with E-state index in [1.54, 1.807) is 0 Å². The molecule has 1 rings (SSSR count). The number of ether oxygens (including phenoxy) is 5. The van der Waals surface area contributed by atoms with Crippen molar-refractivity contribution in [2.75, 3.05) is 35.5 Å². The second-order valence-electron chi connectivity index (χ2n) is 3.30. The molecule has 0 radical (unpaired) electrons. The first-order valence-corrected chi connectivity index (χ1v) is 5.23. The van der Waals surface area contributed by atoms with E-state index >= 15 is 0 Å². The molecule has 0 amide bonds. The lowest BCUT2D eigenvalue weighted by molar-refractivity contribution is 0.249. The van der Waals surface area contributed by atoms with Gasteiger partial charge in [-0.1, -0.05) is 0 Å². The summed E-state index contributed by atoms with van der Waals surface area (Å²) in [6, 6.07) is 0. The molecule has 0 bridgehead atoms. The summed E-state index contributed by atoms with van der Waals surface area (Å²) in [5.41, 5.74) is 0.439. The molecule has 0 fully saturated rings. The van der Waals surface area contributed by atoms with Crippen LogP contribution in [0.4, 0.5) is 0 Å². The maximum absolute atomic E-state index is 9.45. The van der Waals surface area contributed by atoms with Gasteiger partial charge in [0.05, 0.1) is 47.7 Å². The van der Waals surface area contributed by atoms with Gasteiger partial charge in [0, 0.05) is 0 Å². The summed E-state index contributed by atoms with van der Waals surface area (Å²) < 4.78 is 26.2. The first-order chi connectivity index (χ1) is 8.69. The van der Waals surface area contributed by atoms with Gasteiger partial charge in [0.15, 0.2) is 11.5 Å². The molecule has 1 aromatic rings. The van der Waals surface area contributed by atoms with Crippen molar-refractivity contribution < 1.29 is 28.8 Å². The molecule has 6 nitrogen and oxygen atoms in total. The Labute approximate surface area is 106 Å². The topological polar surface area (TPSA) is 66.4 Å².